The van der Waals surface area contributed by atoms with Gasteiger partial charge in [-0.15, -0.1) is 0 Å². The van der Waals surface area contributed by atoms with Gasteiger partial charge in [-0.1, -0.05) is 19.1 Å². The first kappa shape index (κ1) is 26.2. The molecule has 2 aromatic rings. The molecule has 0 radical (unpaired) electrons. The minimum absolute atomic E-state index is 0.0443. The minimum atomic E-state index is -2.80. The zero-order chi connectivity index (χ0) is 27.7. The maximum absolute atomic E-state index is 14.5. The molecule has 4 atom stereocenters. The highest BCUT2D eigenvalue weighted by Gasteiger charge is 2.66. The second-order valence-corrected chi connectivity index (χ2v) is 15.7. The van der Waals surface area contributed by atoms with Gasteiger partial charge in [-0.3, -0.25) is 14.4 Å². The second kappa shape index (κ2) is 9.26. The summed E-state index contributed by atoms with van der Waals surface area (Å²) >= 11 is 0. The number of carbonyl (C=O) groups excluding carboxylic acids is 3. The summed E-state index contributed by atoms with van der Waals surface area (Å²) in [4.78, 5) is 55.3. The molecule has 206 valence electrons. The van der Waals surface area contributed by atoms with Gasteiger partial charge >= 0.3 is 0 Å². The Labute approximate surface area is 229 Å². The number of carbonyl (C=O) groups is 3. The number of aliphatic hydroxyl groups is 1. The molecule has 39 heavy (non-hydrogen) atoms. The molecule has 0 aliphatic carbocycles. The van der Waals surface area contributed by atoms with Crippen LogP contribution >= 0.6 is 0 Å². The molecule has 4 aliphatic heterocycles. The third-order valence-corrected chi connectivity index (χ3v) is 11.5. The molecule has 10 heteroatoms. The summed E-state index contributed by atoms with van der Waals surface area (Å²) in [6, 6.07) is 13.3. The van der Waals surface area contributed by atoms with Gasteiger partial charge in [-0.05, 0) is 55.4 Å². The van der Waals surface area contributed by atoms with Crippen LogP contribution in [0.25, 0.3) is 0 Å². The molecular formula is C29H35N3O6Si. The molecule has 3 amide bonds. The Balaban J connectivity index is 1.43. The molecule has 4 heterocycles. The monoisotopic (exact) mass is 549 g/mol. The molecule has 4 aliphatic rings. The maximum Gasteiger partial charge on any atom is 0.264 e. The Bertz CT molecular complexity index is 1360. The van der Waals surface area contributed by atoms with E-state index in [9.17, 15) is 24.3 Å². The van der Waals surface area contributed by atoms with Crippen molar-refractivity contribution < 1.29 is 29.0 Å². The van der Waals surface area contributed by atoms with Gasteiger partial charge in [0, 0.05) is 60.9 Å². The number of amides is 3. The highest BCUT2D eigenvalue weighted by Crippen LogP contribution is 2.60. The highest BCUT2D eigenvalue weighted by molar-refractivity contribution is 6.71. The lowest BCUT2D eigenvalue weighted by atomic mass is 9.82. The number of benzene rings is 2. The molecule has 2 N–H and O–H groups in total. The van der Waals surface area contributed by atoms with E-state index in [1.54, 1.807) is 14.7 Å². The molecule has 0 aromatic heterocycles. The van der Waals surface area contributed by atoms with Crippen molar-refractivity contribution in [2.24, 2.45) is 5.92 Å². The van der Waals surface area contributed by atoms with Crippen LogP contribution in [0, 0.1) is 5.92 Å². The Morgan fingerprint density at radius 1 is 1.00 bits per heavy atom. The van der Waals surface area contributed by atoms with Crippen LogP contribution in [0.1, 0.15) is 37.3 Å². The average Bonchev–Trinajstić information content (AvgIpc) is 3.29. The number of nitrogens with zero attached hydrogens (tertiary/aromatic N) is 3. The summed E-state index contributed by atoms with van der Waals surface area (Å²) in [5.74, 6) is -0.412. The number of fused-ring (bicyclic) bond motifs is 2. The van der Waals surface area contributed by atoms with Gasteiger partial charge in [-0.2, -0.15) is 0 Å². The van der Waals surface area contributed by atoms with E-state index in [1.165, 1.54) is 0 Å². The standard InChI is InChI=1S/C29H35N3O6Si/c1-18-27(39(2,3)37)24(11-14-33)38-29(18)22-16-21(31-13-10-26(31)35)7-8-23(22)32(28(29)36)17-19-5-4-6-20(15-19)30-12-9-25(30)34/h4-8,15-16,18,24,27,33,37H,9-14,17H2,1-3H3/t18-,24+,27-,29+/m0/s1. The first-order chi connectivity index (χ1) is 18.6. The summed E-state index contributed by atoms with van der Waals surface area (Å²) in [7, 11) is -2.80. The molecule has 9 nitrogen and oxygen atoms in total. The summed E-state index contributed by atoms with van der Waals surface area (Å²) in [5, 5.41) is 9.82. The van der Waals surface area contributed by atoms with Crippen molar-refractivity contribution in [2.75, 3.05) is 34.4 Å². The van der Waals surface area contributed by atoms with E-state index < -0.39 is 20.0 Å². The SMILES string of the molecule is C[C@H]1[C@H]([Si](C)(C)O)[C@@H](CCO)O[C@]12C(=O)N(Cc1cccc(N3CCC3=O)c1)c1ccc(N3CCC3=O)cc12. The van der Waals surface area contributed by atoms with Crippen LogP contribution in [0.4, 0.5) is 17.1 Å². The number of hydrogen-bond acceptors (Lipinski definition) is 6. The lowest BCUT2D eigenvalue weighted by molar-refractivity contribution is -0.146. The molecule has 6 rings (SSSR count). The first-order valence-corrected chi connectivity index (χ1v) is 16.8. The van der Waals surface area contributed by atoms with E-state index in [0.29, 0.717) is 37.9 Å². The Hall–Kier alpha value is -3.05. The normalized spacial score (nSPS) is 28.3. The zero-order valence-electron chi connectivity index (χ0n) is 22.6. The highest BCUT2D eigenvalue weighted by atomic mass is 28.4. The van der Waals surface area contributed by atoms with Crippen molar-refractivity contribution in [3.63, 3.8) is 0 Å². The van der Waals surface area contributed by atoms with Crippen LogP contribution in [0.5, 0.6) is 0 Å². The van der Waals surface area contributed by atoms with Crippen LogP contribution in [0.3, 0.4) is 0 Å². The second-order valence-electron chi connectivity index (χ2n) is 11.7. The smallest absolute Gasteiger partial charge is 0.264 e. The van der Waals surface area contributed by atoms with Gasteiger partial charge in [0.25, 0.3) is 5.91 Å². The van der Waals surface area contributed by atoms with Crippen LogP contribution in [-0.2, 0) is 31.3 Å². The van der Waals surface area contributed by atoms with Gasteiger partial charge in [0.2, 0.25) is 11.8 Å². The van der Waals surface area contributed by atoms with E-state index in [4.69, 9.17) is 4.74 Å². The molecule has 0 saturated carbocycles. The minimum Gasteiger partial charge on any atom is -0.432 e. The molecule has 0 unspecified atom stereocenters. The van der Waals surface area contributed by atoms with Crippen molar-refractivity contribution in [1.29, 1.82) is 0 Å². The van der Waals surface area contributed by atoms with E-state index >= 15 is 0 Å². The van der Waals surface area contributed by atoms with Crippen LogP contribution in [0.2, 0.25) is 18.6 Å². The lowest BCUT2D eigenvalue weighted by Crippen LogP contribution is -2.46. The quantitative estimate of drug-likeness (QED) is 0.406. The van der Waals surface area contributed by atoms with E-state index in [-0.39, 0.29) is 42.3 Å². The van der Waals surface area contributed by atoms with Crippen LogP contribution in [-0.4, -0.2) is 61.7 Å². The summed E-state index contributed by atoms with van der Waals surface area (Å²) in [6.07, 6.45) is 0.902. The van der Waals surface area contributed by atoms with Gasteiger partial charge in [0.15, 0.2) is 13.9 Å². The average molecular weight is 550 g/mol. The maximum atomic E-state index is 14.5. The lowest BCUT2D eigenvalue weighted by Gasteiger charge is -2.33. The van der Waals surface area contributed by atoms with Crippen molar-refractivity contribution >= 4 is 43.1 Å². The van der Waals surface area contributed by atoms with Crippen molar-refractivity contribution in [3.8, 4) is 0 Å². The van der Waals surface area contributed by atoms with Gasteiger partial charge < -0.3 is 29.3 Å². The third-order valence-electron chi connectivity index (χ3n) is 8.96. The molecule has 0 bridgehead atoms. The molecule has 3 fully saturated rings. The molecular weight excluding hydrogens is 514 g/mol. The van der Waals surface area contributed by atoms with Crippen molar-refractivity contribution in [1.82, 2.24) is 0 Å². The molecule has 3 saturated heterocycles. The number of anilines is 3. The number of rotatable bonds is 7. The fraction of sp³-hybridized carbons (Fsp3) is 0.483. The van der Waals surface area contributed by atoms with Gasteiger partial charge in [0.1, 0.15) is 0 Å². The predicted molar refractivity (Wildman–Crippen MR) is 149 cm³/mol. The number of β-lactam (4-membered cyclic amide) rings is 2. The van der Waals surface area contributed by atoms with Crippen LogP contribution in [0.15, 0.2) is 42.5 Å². The summed E-state index contributed by atoms with van der Waals surface area (Å²) in [6.45, 7) is 7.19. The van der Waals surface area contributed by atoms with E-state index in [2.05, 4.69) is 0 Å². The summed E-state index contributed by atoms with van der Waals surface area (Å²) in [5.41, 5.74) is 2.26. The van der Waals surface area contributed by atoms with E-state index in [0.717, 1.165) is 22.6 Å². The van der Waals surface area contributed by atoms with Crippen molar-refractivity contribution in [3.05, 3.63) is 53.6 Å². The largest absolute Gasteiger partial charge is 0.432 e. The Morgan fingerprint density at radius 2 is 1.67 bits per heavy atom. The fourth-order valence-electron chi connectivity index (χ4n) is 6.97. The Morgan fingerprint density at radius 3 is 2.23 bits per heavy atom. The first-order valence-electron chi connectivity index (χ1n) is 13.7. The van der Waals surface area contributed by atoms with Crippen LogP contribution < -0.4 is 14.7 Å². The van der Waals surface area contributed by atoms with Gasteiger partial charge in [-0.25, -0.2) is 0 Å². The predicted octanol–water partition coefficient (Wildman–Crippen LogP) is 2.89. The molecule has 1 spiro atoms. The van der Waals surface area contributed by atoms with Crippen molar-refractivity contribution in [2.45, 2.75) is 63.1 Å². The fourth-order valence-corrected chi connectivity index (χ4v) is 9.57. The van der Waals surface area contributed by atoms with E-state index in [1.807, 2.05) is 62.5 Å². The van der Waals surface area contributed by atoms with Gasteiger partial charge in [0.05, 0.1) is 18.3 Å². The number of ether oxygens (including phenoxy) is 1. The summed E-state index contributed by atoms with van der Waals surface area (Å²) < 4.78 is 6.69. The Kier molecular flexibility index (Phi) is 6.22. The zero-order valence-corrected chi connectivity index (χ0v) is 23.6. The number of hydrogen-bond donors (Lipinski definition) is 2. The third kappa shape index (κ3) is 3.95. The number of aliphatic hydroxyl groups excluding tert-OH is 1. The topological polar surface area (TPSA) is 111 Å². The molecule has 2 aromatic carbocycles.